The third kappa shape index (κ3) is 3.69. The molecule has 1 fully saturated rings. The lowest BCUT2D eigenvalue weighted by Gasteiger charge is -2.28. The zero-order valence-corrected chi connectivity index (χ0v) is 13.7. The zero-order valence-electron chi connectivity index (χ0n) is 13.7. The van der Waals surface area contributed by atoms with Gasteiger partial charge in [0, 0.05) is 6.42 Å². The average molecular weight is 293 g/mol. The van der Waals surface area contributed by atoms with Crippen LogP contribution in [-0.2, 0) is 11.2 Å². The second-order valence-electron chi connectivity index (χ2n) is 6.80. The molecule has 0 radical (unpaired) electrons. The van der Waals surface area contributed by atoms with E-state index in [2.05, 4.69) is 27.7 Å². The van der Waals surface area contributed by atoms with Gasteiger partial charge in [-0.05, 0) is 58.4 Å². The number of rotatable bonds is 5. The van der Waals surface area contributed by atoms with E-state index >= 15 is 0 Å². The molecule has 1 aliphatic heterocycles. The van der Waals surface area contributed by atoms with Crippen molar-refractivity contribution in [2.45, 2.75) is 57.8 Å². The highest BCUT2D eigenvalue weighted by molar-refractivity contribution is 5.43. The fourth-order valence-corrected chi connectivity index (χ4v) is 2.98. The first kappa shape index (κ1) is 16.1. The molecule has 118 valence electrons. The third-order valence-corrected chi connectivity index (χ3v) is 3.92. The van der Waals surface area contributed by atoms with Crippen LogP contribution in [0.5, 0.6) is 11.5 Å². The normalized spacial score (nSPS) is 23.0. The van der Waals surface area contributed by atoms with E-state index in [1.807, 2.05) is 18.2 Å². The Bertz CT molecular complexity index is 497. The molecule has 0 aliphatic carbocycles. The molecule has 2 N–H and O–H groups in total. The molecule has 0 bridgehead atoms. The summed E-state index contributed by atoms with van der Waals surface area (Å²) in [5.74, 6) is 1.51. The van der Waals surface area contributed by atoms with Crippen molar-refractivity contribution < 1.29 is 14.2 Å². The molecule has 4 heteroatoms. The van der Waals surface area contributed by atoms with Crippen LogP contribution in [0, 0.1) is 0 Å². The van der Waals surface area contributed by atoms with Gasteiger partial charge in [0.25, 0.3) is 0 Å². The lowest BCUT2D eigenvalue weighted by molar-refractivity contribution is -0.0847. The highest BCUT2D eigenvalue weighted by Gasteiger charge is 2.47. The van der Waals surface area contributed by atoms with Gasteiger partial charge >= 0.3 is 0 Å². The van der Waals surface area contributed by atoms with E-state index in [1.54, 1.807) is 7.11 Å². The third-order valence-electron chi connectivity index (χ3n) is 3.92. The van der Waals surface area contributed by atoms with Gasteiger partial charge in [0.2, 0.25) is 0 Å². The minimum absolute atomic E-state index is 0.00163. The first-order chi connectivity index (χ1) is 9.77. The molecule has 1 aromatic rings. The topological polar surface area (TPSA) is 53.7 Å². The molecule has 2 rings (SSSR count). The summed E-state index contributed by atoms with van der Waals surface area (Å²) in [6.45, 7) is 8.96. The van der Waals surface area contributed by atoms with Gasteiger partial charge in [0.1, 0.15) is 11.7 Å². The van der Waals surface area contributed by atoms with Crippen molar-refractivity contribution in [3.63, 3.8) is 0 Å². The van der Waals surface area contributed by atoms with Gasteiger partial charge in [-0.2, -0.15) is 0 Å². The van der Waals surface area contributed by atoms with Crippen molar-refractivity contribution in [3.05, 3.63) is 23.8 Å². The van der Waals surface area contributed by atoms with E-state index in [1.165, 1.54) is 0 Å². The largest absolute Gasteiger partial charge is 0.493 e. The first-order valence-corrected chi connectivity index (χ1v) is 7.51. The van der Waals surface area contributed by atoms with Crippen LogP contribution in [0.25, 0.3) is 0 Å². The van der Waals surface area contributed by atoms with Crippen LogP contribution < -0.4 is 15.2 Å². The summed E-state index contributed by atoms with van der Waals surface area (Å²) >= 11 is 0. The Morgan fingerprint density at radius 1 is 1.24 bits per heavy atom. The zero-order chi connectivity index (χ0) is 15.7. The van der Waals surface area contributed by atoms with Gasteiger partial charge in [-0.25, -0.2) is 0 Å². The summed E-state index contributed by atoms with van der Waals surface area (Å²) < 4.78 is 17.7. The number of ether oxygens (including phenoxy) is 3. The van der Waals surface area contributed by atoms with Crippen LogP contribution in [0.3, 0.4) is 0 Å². The molecule has 1 atom stereocenters. The predicted molar refractivity (Wildman–Crippen MR) is 84.0 cm³/mol. The van der Waals surface area contributed by atoms with E-state index < -0.39 is 0 Å². The van der Waals surface area contributed by atoms with E-state index in [9.17, 15) is 0 Å². The monoisotopic (exact) mass is 293 g/mol. The summed E-state index contributed by atoms with van der Waals surface area (Å²) in [5.41, 5.74) is 6.27. The summed E-state index contributed by atoms with van der Waals surface area (Å²) in [5, 5.41) is 0. The van der Waals surface area contributed by atoms with Crippen molar-refractivity contribution in [1.82, 2.24) is 0 Å². The van der Waals surface area contributed by atoms with E-state index in [-0.39, 0.29) is 17.3 Å². The van der Waals surface area contributed by atoms with Gasteiger partial charge < -0.3 is 19.9 Å². The lowest BCUT2D eigenvalue weighted by Crippen LogP contribution is -2.36. The molecular formula is C17H27NO3. The van der Waals surface area contributed by atoms with Gasteiger partial charge in [-0.15, -0.1) is 0 Å². The van der Waals surface area contributed by atoms with E-state index in [0.717, 1.165) is 29.9 Å². The van der Waals surface area contributed by atoms with Gasteiger partial charge in [-0.1, -0.05) is 6.07 Å². The fraction of sp³-hybridized carbons (Fsp3) is 0.647. The maximum atomic E-state index is 6.20. The quantitative estimate of drug-likeness (QED) is 0.907. The second-order valence-corrected chi connectivity index (χ2v) is 6.80. The predicted octanol–water partition coefficient (Wildman–Crippen LogP) is 2.92. The van der Waals surface area contributed by atoms with Gasteiger partial charge in [-0.3, -0.25) is 0 Å². The number of methoxy groups -OCH3 is 1. The smallest absolute Gasteiger partial charge is 0.161 e. The Morgan fingerprint density at radius 2 is 1.95 bits per heavy atom. The molecule has 21 heavy (non-hydrogen) atoms. The minimum Gasteiger partial charge on any atom is -0.493 e. The van der Waals surface area contributed by atoms with Crippen molar-refractivity contribution in [2.24, 2.45) is 5.73 Å². The molecule has 1 heterocycles. The molecular weight excluding hydrogens is 266 g/mol. The first-order valence-electron chi connectivity index (χ1n) is 7.51. The highest BCUT2D eigenvalue weighted by atomic mass is 16.6. The summed E-state index contributed by atoms with van der Waals surface area (Å²) in [4.78, 5) is 0. The molecule has 4 nitrogen and oxygen atoms in total. The standard InChI is InChI=1S/C17H27NO3/c1-16(2)11-15(17(3,4)21-16)20-13-7-6-12(8-9-18)10-14(13)19-5/h6-7,10,15H,8-9,11,18H2,1-5H3. The van der Waals surface area contributed by atoms with Crippen LogP contribution in [0.2, 0.25) is 0 Å². The minimum atomic E-state index is -0.315. The fourth-order valence-electron chi connectivity index (χ4n) is 2.98. The number of hydrogen-bond acceptors (Lipinski definition) is 4. The molecule has 1 unspecified atom stereocenters. The lowest BCUT2D eigenvalue weighted by atomic mass is 9.97. The summed E-state index contributed by atoms with van der Waals surface area (Å²) in [6.07, 6.45) is 1.69. The van der Waals surface area contributed by atoms with E-state index in [4.69, 9.17) is 19.9 Å². The molecule has 0 aromatic heterocycles. The molecule has 1 aliphatic rings. The molecule has 1 saturated heterocycles. The number of hydrogen-bond donors (Lipinski definition) is 1. The average Bonchev–Trinajstić information content (AvgIpc) is 2.59. The second kappa shape index (κ2) is 5.85. The highest BCUT2D eigenvalue weighted by Crippen LogP contribution is 2.41. The molecule has 0 saturated carbocycles. The SMILES string of the molecule is COc1cc(CCN)ccc1OC1CC(C)(C)OC1(C)C. The van der Waals surface area contributed by atoms with Gasteiger partial charge in [0.05, 0.1) is 12.7 Å². The number of nitrogens with two attached hydrogens (primary N) is 1. The maximum Gasteiger partial charge on any atom is 0.161 e. The Labute approximate surface area is 127 Å². The van der Waals surface area contributed by atoms with Crippen molar-refractivity contribution >= 4 is 0 Å². The summed E-state index contributed by atoms with van der Waals surface area (Å²) in [7, 11) is 1.66. The molecule has 1 aromatic carbocycles. The Balaban J connectivity index is 2.19. The Morgan fingerprint density at radius 3 is 2.48 bits per heavy atom. The Hall–Kier alpha value is -1.26. The van der Waals surface area contributed by atoms with Gasteiger partial charge in [0.15, 0.2) is 11.5 Å². The van der Waals surface area contributed by atoms with E-state index in [0.29, 0.717) is 6.54 Å². The number of benzene rings is 1. The van der Waals surface area contributed by atoms with Crippen LogP contribution in [0.4, 0.5) is 0 Å². The van der Waals surface area contributed by atoms with Crippen LogP contribution in [0.1, 0.15) is 39.7 Å². The molecule has 0 amide bonds. The van der Waals surface area contributed by atoms with Crippen LogP contribution in [-0.4, -0.2) is 31.0 Å². The van der Waals surface area contributed by atoms with Crippen molar-refractivity contribution in [1.29, 1.82) is 0 Å². The van der Waals surface area contributed by atoms with Crippen LogP contribution in [0.15, 0.2) is 18.2 Å². The molecule has 0 spiro atoms. The van der Waals surface area contributed by atoms with Crippen LogP contribution >= 0.6 is 0 Å². The van der Waals surface area contributed by atoms with Crippen molar-refractivity contribution in [2.75, 3.05) is 13.7 Å². The maximum absolute atomic E-state index is 6.20. The van der Waals surface area contributed by atoms with Crippen molar-refractivity contribution in [3.8, 4) is 11.5 Å². The Kier molecular flexibility index (Phi) is 4.49. The summed E-state index contributed by atoms with van der Waals surface area (Å²) in [6, 6.07) is 6.00.